The van der Waals surface area contributed by atoms with Gasteiger partial charge >= 0.3 is 11.9 Å². The van der Waals surface area contributed by atoms with Gasteiger partial charge in [-0.25, -0.2) is 9.59 Å². The van der Waals surface area contributed by atoms with E-state index in [4.69, 9.17) is 15.2 Å². The van der Waals surface area contributed by atoms with E-state index in [1.54, 1.807) is 42.5 Å². The molecule has 0 fully saturated rings. The number of phenolic OH excluding ortho intramolecular Hbond substituents is 1. The summed E-state index contributed by atoms with van der Waals surface area (Å²) < 4.78 is 10.0. The maximum absolute atomic E-state index is 13.1. The molecule has 0 radical (unpaired) electrons. The van der Waals surface area contributed by atoms with E-state index in [9.17, 15) is 20.0 Å². The average molecular weight is 447 g/mol. The molecule has 33 heavy (non-hydrogen) atoms. The van der Waals surface area contributed by atoms with Gasteiger partial charge in [0.25, 0.3) is 0 Å². The van der Waals surface area contributed by atoms with E-state index in [0.717, 1.165) is 5.56 Å². The summed E-state index contributed by atoms with van der Waals surface area (Å²) in [6.45, 7) is 3.93. The molecule has 1 heterocycles. The number of phenols is 1. The van der Waals surface area contributed by atoms with Gasteiger partial charge in [0.2, 0.25) is 0 Å². The highest BCUT2D eigenvalue weighted by atomic mass is 16.5. The summed E-state index contributed by atoms with van der Waals surface area (Å²) in [5.41, 5.74) is 7.70. The summed E-state index contributed by atoms with van der Waals surface area (Å²) in [5.74, 6) is -2.86. The Bertz CT molecular complexity index is 1190. The number of aromatic hydroxyl groups is 1. The van der Waals surface area contributed by atoms with Crippen molar-refractivity contribution in [1.82, 2.24) is 0 Å². The monoisotopic (exact) mass is 447 g/mol. The lowest BCUT2D eigenvalue weighted by Gasteiger charge is -2.36. The lowest BCUT2D eigenvalue weighted by atomic mass is 9.81. The van der Waals surface area contributed by atoms with E-state index in [2.05, 4.69) is 6.07 Å². The Hall–Kier alpha value is -4.25. The smallest absolute Gasteiger partial charge is 0.355 e. The quantitative estimate of drug-likeness (QED) is 0.668. The number of esters is 2. The number of benzene rings is 2. The minimum absolute atomic E-state index is 0.0311. The normalized spacial score (nSPS) is 16.0. The van der Waals surface area contributed by atoms with Gasteiger partial charge in [-0.1, -0.05) is 50.2 Å². The molecule has 1 unspecified atom stereocenters. The van der Waals surface area contributed by atoms with Crippen LogP contribution in [-0.4, -0.2) is 31.3 Å². The van der Waals surface area contributed by atoms with Crippen LogP contribution in [0.5, 0.6) is 5.75 Å². The van der Waals surface area contributed by atoms with Gasteiger partial charge in [0.1, 0.15) is 17.3 Å². The maximum Gasteiger partial charge on any atom is 0.355 e. The Labute approximate surface area is 192 Å². The van der Waals surface area contributed by atoms with Crippen LogP contribution in [0.2, 0.25) is 0 Å². The molecule has 3 rings (SSSR count). The number of methoxy groups -OCH3 is 2. The number of nitriles is 1. The summed E-state index contributed by atoms with van der Waals surface area (Å²) >= 11 is 0. The van der Waals surface area contributed by atoms with Crippen LogP contribution in [0.4, 0.5) is 5.69 Å². The second-order valence-electron chi connectivity index (χ2n) is 7.74. The van der Waals surface area contributed by atoms with E-state index in [1.807, 2.05) is 13.8 Å². The van der Waals surface area contributed by atoms with Crippen LogP contribution in [0.25, 0.3) is 0 Å². The van der Waals surface area contributed by atoms with Crippen molar-refractivity contribution in [3.05, 3.63) is 82.3 Å². The SMILES string of the molecule is COC(=O)C1=C(C(=O)OC)N(c2cc(C(C)C)ccc2O)C(N)=C(C#N)C1c1ccccc1. The van der Waals surface area contributed by atoms with Gasteiger partial charge in [-0.3, -0.25) is 4.90 Å². The standard InChI is InChI=1S/C25H25N3O5/c1-14(2)16-10-11-19(29)18(12-16)28-22(25(31)33-4)21(24(30)32-3)20(17(13-26)23(28)27)15-8-6-5-7-9-15/h5-12,14,20,29H,27H2,1-4H3. The fourth-order valence-corrected chi connectivity index (χ4v) is 3.84. The predicted octanol–water partition coefficient (Wildman–Crippen LogP) is 3.41. The summed E-state index contributed by atoms with van der Waals surface area (Å²) in [6, 6.07) is 15.7. The van der Waals surface area contributed by atoms with E-state index in [1.165, 1.54) is 25.2 Å². The zero-order valence-electron chi connectivity index (χ0n) is 18.8. The molecule has 0 aromatic heterocycles. The Morgan fingerprint density at radius 1 is 1.09 bits per heavy atom. The van der Waals surface area contributed by atoms with Gasteiger partial charge in [0, 0.05) is 0 Å². The van der Waals surface area contributed by atoms with Crippen LogP contribution in [0.3, 0.4) is 0 Å². The van der Waals surface area contributed by atoms with E-state index >= 15 is 0 Å². The molecule has 0 spiro atoms. The number of hydrogen-bond acceptors (Lipinski definition) is 8. The molecule has 0 saturated heterocycles. The Morgan fingerprint density at radius 2 is 1.73 bits per heavy atom. The summed E-state index contributed by atoms with van der Waals surface area (Å²) in [7, 11) is 2.35. The highest BCUT2D eigenvalue weighted by Crippen LogP contribution is 2.45. The molecule has 2 aromatic rings. The van der Waals surface area contributed by atoms with Gasteiger partial charge < -0.3 is 20.3 Å². The molecular formula is C25H25N3O5. The van der Waals surface area contributed by atoms with Gasteiger partial charge in [0.05, 0.1) is 43.0 Å². The van der Waals surface area contributed by atoms with Crippen molar-refractivity contribution in [2.75, 3.05) is 19.1 Å². The van der Waals surface area contributed by atoms with Gasteiger partial charge in [-0.15, -0.1) is 0 Å². The fourth-order valence-electron chi connectivity index (χ4n) is 3.84. The third kappa shape index (κ3) is 4.13. The first kappa shape index (κ1) is 23.4. The topological polar surface area (TPSA) is 126 Å². The van der Waals surface area contributed by atoms with Crippen molar-refractivity contribution in [2.45, 2.75) is 25.7 Å². The maximum atomic E-state index is 13.1. The number of carbonyl (C=O) groups is 2. The minimum atomic E-state index is -0.968. The lowest BCUT2D eigenvalue weighted by molar-refractivity contribution is -0.139. The first-order valence-electron chi connectivity index (χ1n) is 10.2. The van der Waals surface area contributed by atoms with Gasteiger partial charge in [-0.2, -0.15) is 5.26 Å². The molecular weight excluding hydrogens is 422 g/mol. The number of anilines is 1. The molecule has 0 amide bonds. The van der Waals surface area contributed by atoms with Crippen molar-refractivity contribution in [2.24, 2.45) is 5.73 Å². The zero-order valence-corrected chi connectivity index (χ0v) is 18.8. The first-order chi connectivity index (χ1) is 15.8. The third-order valence-electron chi connectivity index (χ3n) is 5.52. The molecule has 0 bridgehead atoms. The van der Waals surface area contributed by atoms with Crippen LogP contribution in [0.15, 0.2) is 71.2 Å². The van der Waals surface area contributed by atoms with Crippen LogP contribution >= 0.6 is 0 Å². The van der Waals surface area contributed by atoms with Crippen molar-refractivity contribution < 1.29 is 24.2 Å². The van der Waals surface area contributed by atoms with Crippen molar-refractivity contribution >= 4 is 17.6 Å². The zero-order chi connectivity index (χ0) is 24.3. The number of nitrogens with two attached hydrogens (primary N) is 1. The predicted molar refractivity (Wildman–Crippen MR) is 122 cm³/mol. The van der Waals surface area contributed by atoms with Gasteiger partial charge in [-0.05, 0) is 29.2 Å². The molecule has 0 aliphatic carbocycles. The van der Waals surface area contributed by atoms with Crippen LogP contribution in [0, 0.1) is 11.3 Å². The number of rotatable bonds is 5. The summed E-state index contributed by atoms with van der Waals surface area (Å²) in [5, 5.41) is 20.7. The second-order valence-corrected chi connectivity index (χ2v) is 7.74. The summed E-state index contributed by atoms with van der Waals surface area (Å²) in [6.07, 6.45) is 0. The molecule has 1 aliphatic rings. The highest BCUT2D eigenvalue weighted by molar-refractivity contribution is 6.06. The lowest BCUT2D eigenvalue weighted by Crippen LogP contribution is -2.40. The highest BCUT2D eigenvalue weighted by Gasteiger charge is 2.43. The van der Waals surface area contributed by atoms with Gasteiger partial charge in [0.15, 0.2) is 0 Å². The number of hydrogen-bond donors (Lipinski definition) is 2. The van der Waals surface area contributed by atoms with Crippen LogP contribution < -0.4 is 10.6 Å². The number of ether oxygens (including phenoxy) is 2. The second kappa shape index (κ2) is 9.49. The molecule has 3 N–H and O–H groups in total. The number of carbonyl (C=O) groups excluding carboxylic acids is 2. The van der Waals surface area contributed by atoms with E-state index < -0.39 is 17.9 Å². The number of nitrogens with zero attached hydrogens (tertiary/aromatic N) is 2. The van der Waals surface area contributed by atoms with Crippen molar-refractivity contribution in [3.63, 3.8) is 0 Å². The van der Waals surface area contributed by atoms with E-state index in [-0.39, 0.29) is 40.0 Å². The molecule has 1 aliphatic heterocycles. The van der Waals surface area contributed by atoms with Crippen LogP contribution in [0.1, 0.15) is 36.8 Å². The minimum Gasteiger partial charge on any atom is -0.506 e. The largest absolute Gasteiger partial charge is 0.506 e. The molecule has 8 nitrogen and oxygen atoms in total. The third-order valence-corrected chi connectivity index (χ3v) is 5.52. The Morgan fingerprint density at radius 3 is 2.27 bits per heavy atom. The average Bonchev–Trinajstić information content (AvgIpc) is 2.83. The van der Waals surface area contributed by atoms with Crippen molar-refractivity contribution in [3.8, 4) is 11.8 Å². The molecule has 2 aromatic carbocycles. The molecule has 8 heteroatoms. The van der Waals surface area contributed by atoms with E-state index in [0.29, 0.717) is 5.56 Å². The number of allylic oxidation sites excluding steroid dienone is 1. The van der Waals surface area contributed by atoms with Crippen LogP contribution in [-0.2, 0) is 19.1 Å². The Balaban J connectivity index is 2.45. The Kier molecular flexibility index (Phi) is 6.73. The molecule has 170 valence electrons. The fraction of sp³-hybridized carbons (Fsp3) is 0.240. The molecule has 0 saturated carbocycles. The summed E-state index contributed by atoms with van der Waals surface area (Å²) in [4.78, 5) is 27.3. The molecule has 1 atom stereocenters. The first-order valence-corrected chi connectivity index (χ1v) is 10.2. The van der Waals surface area contributed by atoms with Crippen molar-refractivity contribution in [1.29, 1.82) is 5.26 Å².